The number of aromatic hydroxyl groups is 4. The van der Waals surface area contributed by atoms with Crippen molar-refractivity contribution in [3.05, 3.63) is 47.5 Å². The van der Waals surface area contributed by atoms with Crippen LogP contribution < -0.4 is 0 Å². The Morgan fingerprint density at radius 3 is 1.50 bits per heavy atom. The lowest BCUT2D eigenvalue weighted by molar-refractivity contribution is 0.0569. The van der Waals surface area contributed by atoms with E-state index in [1.165, 1.54) is 24.3 Å². The Morgan fingerprint density at radius 1 is 0.708 bits per heavy atom. The molecule has 0 aliphatic carbocycles. The molecule has 0 aliphatic heterocycles. The van der Waals surface area contributed by atoms with Crippen LogP contribution in [0.25, 0.3) is 0 Å². The second kappa shape index (κ2) is 7.96. The Hall–Kier alpha value is -3.09. The predicted octanol–water partition coefficient (Wildman–Crippen LogP) is 2.45. The molecule has 2 aromatic carbocycles. The minimum absolute atomic E-state index is 0.0725. The van der Waals surface area contributed by atoms with E-state index in [9.17, 15) is 25.2 Å². The Balaban J connectivity index is 1.67. The zero-order chi connectivity index (χ0) is 17.5. The van der Waals surface area contributed by atoms with Crippen LogP contribution in [-0.4, -0.2) is 39.8 Å². The Morgan fingerprint density at radius 2 is 1.12 bits per heavy atom. The van der Waals surface area contributed by atoms with Gasteiger partial charge in [0.15, 0.2) is 23.0 Å². The quantitative estimate of drug-likeness (QED) is 0.473. The van der Waals surface area contributed by atoms with E-state index < -0.39 is 6.16 Å². The number of carbonyl (C=O) groups is 1. The minimum Gasteiger partial charge on any atom is -0.504 e. The maximum absolute atomic E-state index is 11.4. The van der Waals surface area contributed by atoms with Gasteiger partial charge in [-0.1, -0.05) is 12.1 Å². The van der Waals surface area contributed by atoms with Crippen LogP contribution >= 0.6 is 0 Å². The summed E-state index contributed by atoms with van der Waals surface area (Å²) in [5, 5.41) is 37.1. The van der Waals surface area contributed by atoms with Crippen LogP contribution in [0.2, 0.25) is 0 Å². The van der Waals surface area contributed by atoms with Gasteiger partial charge >= 0.3 is 6.16 Å². The highest BCUT2D eigenvalue weighted by atomic mass is 16.7. The first-order valence-electron chi connectivity index (χ1n) is 7.27. The number of benzene rings is 2. The number of hydrogen-bond acceptors (Lipinski definition) is 7. The zero-order valence-electron chi connectivity index (χ0n) is 12.8. The average Bonchev–Trinajstić information content (AvgIpc) is 2.54. The van der Waals surface area contributed by atoms with Crippen molar-refractivity contribution in [1.82, 2.24) is 0 Å². The number of ether oxygens (including phenoxy) is 2. The number of carbonyl (C=O) groups excluding carboxylic acids is 1. The third kappa shape index (κ3) is 4.98. The van der Waals surface area contributed by atoms with Crippen molar-refractivity contribution in [2.75, 3.05) is 13.2 Å². The number of phenols is 4. The lowest BCUT2D eigenvalue weighted by Crippen LogP contribution is -2.11. The van der Waals surface area contributed by atoms with Gasteiger partial charge in [-0.2, -0.15) is 0 Å². The Kier molecular flexibility index (Phi) is 5.73. The lowest BCUT2D eigenvalue weighted by atomic mass is 10.1. The van der Waals surface area contributed by atoms with Crippen molar-refractivity contribution in [1.29, 1.82) is 0 Å². The molecule has 0 spiro atoms. The van der Waals surface area contributed by atoms with Gasteiger partial charge in [-0.05, 0) is 35.4 Å². The van der Waals surface area contributed by atoms with Crippen LogP contribution in [-0.2, 0) is 22.3 Å². The zero-order valence-corrected chi connectivity index (χ0v) is 12.8. The van der Waals surface area contributed by atoms with Crippen molar-refractivity contribution in [2.24, 2.45) is 0 Å². The first kappa shape index (κ1) is 17.3. The highest BCUT2D eigenvalue weighted by Crippen LogP contribution is 2.25. The first-order valence-corrected chi connectivity index (χ1v) is 7.27. The molecule has 0 aliphatic rings. The molecule has 0 heterocycles. The van der Waals surface area contributed by atoms with Gasteiger partial charge in [-0.25, -0.2) is 4.79 Å². The number of rotatable bonds is 6. The summed E-state index contributed by atoms with van der Waals surface area (Å²) in [6.45, 7) is 0.145. The topological polar surface area (TPSA) is 116 Å². The summed E-state index contributed by atoms with van der Waals surface area (Å²) in [5.74, 6) is -0.877. The van der Waals surface area contributed by atoms with Crippen molar-refractivity contribution >= 4 is 6.16 Å². The Labute approximate surface area is 138 Å². The van der Waals surface area contributed by atoms with Gasteiger partial charge in [0.1, 0.15) is 0 Å². The second-order valence-electron chi connectivity index (χ2n) is 5.09. The summed E-state index contributed by atoms with van der Waals surface area (Å²) in [4.78, 5) is 11.4. The van der Waals surface area contributed by atoms with Crippen LogP contribution in [0.15, 0.2) is 36.4 Å². The Bertz CT molecular complexity index is 653. The molecule has 7 heteroatoms. The van der Waals surface area contributed by atoms with Gasteiger partial charge < -0.3 is 29.9 Å². The van der Waals surface area contributed by atoms with Crippen molar-refractivity contribution in [3.8, 4) is 23.0 Å². The normalized spacial score (nSPS) is 10.3. The molecule has 0 radical (unpaired) electrons. The van der Waals surface area contributed by atoms with E-state index in [2.05, 4.69) is 0 Å². The van der Waals surface area contributed by atoms with Crippen LogP contribution in [0.4, 0.5) is 4.79 Å². The molecule has 0 aromatic heterocycles. The van der Waals surface area contributed by atoms with E-state index in [1.54, 1.807) is 12.1 Å². The maximum Gasteiger partial charge on any atom is 0.508 e. The largest absolute Gasteiger partial charge is 0.508 e. The standard InChI is InChI=1S/C17H18O7/c18-13-3-1-11(9-15(13)20)5-7-23-17(22)24-8-6-12-2-4-14(19)16(21)10-12/h1-4,9-10,18-21H,5-8H2. The van der Waals surface area contributed by atoms with E-state index >= 15 is 0 Å². The molecule has 0 saturated carbocycles. The third-order valence-corrected chi connectivity index (χ3v) is 3.30. The molecule has 4 N–H and O–H groups in total. The molecule has 0 bridgehead atoms. The molecule has 7 nitrogen and oxygen atoms in total. The molecule has 0 amide bonds. The van der Waals surface area contributed by atoms with E-state index in [1.807, 2.05) is 0 Å². The van der Waals surface area contributed by atoms with Crippen LogP contribution in [0, 0.1) is 0 Å². The fraction of sp³-hybridized carbons (Fsp3) is 0.235. The van der Waals surface area contributed by atoms with Gasteiger partial charge in [0, 0.05) is 12.8 Å². The first-order chi connectivity index (χ1) is 11.5. The molecular weight excluding hydrogens is 316 g/mol. The van der Waals surface area contributed by atoms with E-state index in [-0.39, 0.29) is 36.2 Å². The molecule has 24 heavy (non-hydrogen) atoms. The third-order valence-electron chi connectivity index (χ3n) is 3.30. The summed E-state index contributed by atoms with van der Waals surface area (Å²) in [7, 11) is 0. The fourth-order valence-corrected chi connectivity index (χ4v) is 2.00. The van der Waals surface area contributed by atoms with Gasteiger partial charge in [0.05, 0.1) is 13.2 Å². The molecule has 128 valence electrons. The van der Waals surface area contributed by atoms with E-state index in [0.29, 0.717) is 24.0 Å². The summed E-state index contributed by atoms with van der Waals surface area (Å²) in [6.07, 6.45) is -0.0789. The average molecular weight is 334 g/mol. The number of hydrogen-bond donors (Lipinski definition) is 4. The molecular formula is C17H18O7. The van der Waals surface area contributed by atoms with Crippen LogP contribution in [0.3, 0.4) is 0 Å². The van der Waals surface area contributed by atoms with Crippen LogP contribution in [0.5, 0.6) is 23.0 Å². The number of phenolic OH excluding ortho intramolecular Hbond substituents is 4. The van der Waals surface area contributed by atoms with E-state index in [4.69, 9.17) is 9.47 Å². The molecule has 0 atom stereocenters. The molecule has 0 fully saturated rings. The summed E-state index contributed by atoms with van der Waals surface area (Å²) in [5.41, 5.74) is 1.41. The summed E-state index contributed by atoms with van der Waals surface area (Å²) < 4.78 is 9.80. The second-order valence-corrected chi connectivity index (χ2v) is 5.09. The fourth-order valence-electron chi connectivity index (χ4n) is 2.00. The van der Waals surface area contributed by atoms with Gasteiger partial charge in [-0.3, -0.25) is 0 Å². The van der Waals surface area contributed by atoms with Gasteiger partial charge in [0.2, 0.25) is 0 Å². The smallest absolute Gasteiger partial charge is 0.504 e. The predicted molar refractivity (Wildman–Crippen MR) is 84.3 cm³/mol. The van der Waals surface area contributed by atoms with Crippen molar-refractivity contribution in [3.63, 3.8) is 0 Å². The minimum atomic E-state index is -0.819. The monoisotopic (exact) mass is 334 g/mol. The molecule has 2 aromatic rings. The van der Waals surface area contributed by atoms with Crippen molar-refractivity contribution in [2.45, 2.75) is 12.8 Å². The summed E-state index contributed by atoms with van der Waals surface area (Å²) in [6, 6.07) is 8.72. The lowest BCUT2D eigenvalue weighted by Gasteiger charge is -2.07. The van der Waals surface area contributed by atoms with E-state index in [0.717, 1.165) is 0 Å². The van der Waals surface area contributed by atoms with Crippen LogP contribution in [0.1, 0.15) is 11.1 Å². The summed E-state index contributed by atoms with van der Waals surface area (Å²) >= 11 is 0. The van der Waals surface area contributed by atoms with Crippen molar-refractivity contribution < 1.29 is 34.7 Å². The molecule has 0 saturated heterocycles. The van der Waals surface area contributed by atoms with Gasteiger partial charge in [-0.15, -0.1) is 0 Å². The SMILES string of the molecule is O=C(OCCc1ccc(O)c(O)c1)OCCc1ccc(O)c(O)c1. The highest BCUT2D eigenvalue weighted by Gasteiger charge is 2.07. The highest BCUT2D eigenvalue weighted by molar-refractivity contribution is 5.59. The molecule has 0 unspecified atom stereocenters. The molecule has 2 rings (SSSR count). The maximum atomic E-state index is 11.4. The van der Waals surface area contributed by atoms with Gasteiger partial charge in [0.25, 0.3) is 0 Å².